The standard InChI is InChI=1S/C22H27NO7/c1-4-14(2)11-18(9-10-20-15(3)12-21(30-20)19(25)13-24)29-22(26)16-5-7-17(8-6-16)23(27)28/h5-8,18-21,24-25H,1,3,9-13H2,2H3/t18?,19-,20+,21-/m1/s1. The fourth-order valence-corrected chi connectivity index (χ4v) is 3.25. The van der Waals surface area contributed by atoms with Crippen molar-refractivity contribution in [1.82, 2.24) is 0 Å². The topological polar surface area (TPSA) is 119 Å². The molecule has 2 N–H and O–H groups in total. The third kappa shape index (κ3) is 6.37. The Bertz CT molecular complexity index is 826. The van der Waals surface area contributed by atoms with Crippen molar-refractivity contribution in [3.05, 3.63) is 70.0 Å². The van der Waals surface area contributed by atoms with Gasteiger partial charge in [-0.25, -0.2) is 4.79 Å². The molecule has 1 aromatic carbocycles. The van der Waals surface area contributed by atoms with Crippen LogP contribution >= 0.6 is 0 Å². The second-order valence-electron chi connectivity index (χ2n) is 7.35. The van der Waals surface area contributed by atoms with Gasteiger partial charge in [0.2, 0.25) is 0 Å². The normalized spacial score (nSPS) is 20.3. The van der Waals surface area contributed by atoms with Gasteiger partial charge in [-0.2, -0.15) is 0 Å². The monoisotopic (exact) mass is 417 g/mol. The lowest BCUT2D eigenvalue weighted by atomic mass is 9.99. The average Bonchev–Trinajstić information content (AvgIpc) is 3.11. The first-order valence-corrected chi connectivity index (χ1v) is 9.68. The number of hydrogen-bond donors (Lipinski definition) is 2. The molecule has 0 aliphatic carbocycles. The first kappa shape index (κ1) is 23.5. The third-order valence-corrected chi connectivity index (χ3v) is 5.05. The van der Waals surface area contributed by atoms with E-state index in [0.717, 1.165) is 11.1 Å². The Hall–Kier alpha value is -2.77. The van der Waals surface area contributed by atoms with E-state index in [4.69, 9.17) is 14.6 Å². The van der Waals surface area contributed by atoms with E-state index in [9.17, 15) is 20.0 Å². The van der Waals surface area contributed by atoms with E-state index in [-0.39, 0.29) is 24.0 Å². The van der Waals surface area contributed by atoms with E-state index in [1.165, 1.54) is 24.3 Å². The molecule has 0 radical (unpaired) electrons. The molecule has 0 saturated carbocycles. The van der Waals surface area contributed by atoms with Crippen LogP contribution in [0.25, 0.3) is 0 Å². The summed E-state index contributed by atoms with van der Waals surface area (Å²) in [7, 11) is 0. The van der Waals surface area contributed by atoms with Crippen LogP contribution in [-0.2, 0) is 9.47 Å². The zero-order valence-corrected chi connectivity index (χ0v) is 17.0. The van der Waals surface area contributed by atoms with Crippen LogP contribution in [0.1, 0.15) is 43.0 Å². The number of aliphatic hydroxyl groups is 2. The predicted molar refractivity (Wildman–Crippen MR) is 110 cm³/mol. The van der Waals surface area contributed by atoms with Gasteiger partial charge in [0.25, 0.3) is 5.69 Å². The van der Waals surface area contributed by atoms with Crippen molar-refractivity contribution < 1.29 is 29.4 Å². The highest BCUT2D eigenvalue weighted by Gasteiger charge is 2.33. The van der Waals surface area contributed by atoms with Gasteiger partial charge in [-0.3, -0.25) is 10.1 Å². The van der Waals surface area contributed by atoms with Crippen molar-refractivity contribution in [2.45, 2.75) is 57.0 Å². The van der Waals surface area contributed by atoms with E-state index in [1.54, 1.807) is 0 Å². The van der Waals surface area contributed by atoms with Crippen LogP contribution in [0.2, 0.25) is 0 Å². The van der Waals surface area contributed by atoms with Gasteiger partial charge >= 0.3 is 5.97 Å². The van der Waals surface area contributed by atoms with Crippen molar-refractivity contribution >= 4 is 11.7 Å². The number of carbonyl (C=O) groups is 1. The quantitative estimate of drug-likeness (QED) is 0.197. The Morgan fingerprint density at radius 1 is 1.43 bits per heavy atom. The molecule has 2 rings (SSSR count). The smallest absolute Gasteiger partial charge is 0.338 e. The molecule has 8 nitrogen and oxygen atoms in total. The van der Waals surface area contributed by atoms with Gasteiger partial charge in [-0.1, -0.05) is 13.2 Å². The number of hydrogen-bond acceptors (Lipinski definition) is 7. The molecular weight excluding hydrogens is 390 g/mol. The number of ether oxygens (including phenoxy) is 2. The first-order valence-electron chi connectivity index (χ1n) is 9.68. The second-order valence-corrected chi connectivity index (χ2v) is 7.35. The van der Waals surface area contributed by atoms with Gasteiger partial charge in [-0.15, -0.1) is 5.73 Å². The van der Waals surface area contributed by atoms with Crippen molar-refractivity contribution in [2.75, 3.05) is 6.61 Å². The molecule has 162 valence electrons. The summed E-state index contributed by atoms with van der Waals surface area (Å²) in [5.74, 6) is -0.577. The maximum Gasteiger partial charge on any atom is 0.338 e. The molecule has 0 amide bonds. The zero-order valence-electron chi connectivity index (χ0n) is 17.0. The summed E-state index contributed by atoms with van der Waals surface area (Å²) in [4.78, 5) is 22.7. The van der Waals surface area contributed by atoms with Gasteiger partial charge in [0.1, 0.15) is 12.2 Å². The van der Waals surface area contributed by atoms with Crippen molar-refractivity contribution in [2.24, 2.45) is 0 Å². The average molecular weight is 417 g/mol. The lowest BCUT2D eigenvalue weighted by Gasteiger charge is -2.21. The Labute approximate surface area is 175 Å². The number of nitrogens with zero attached hydrogens (tertiary/aromatic N) is 1. The highest BCUT2D eigenvalue weighted by atomic mass is 16.6. The summed E-state index contributed by atoms with van der Waals surface area (Å²) in [6.07, 6.45) is -0.337. The molecule has 4 atom stereocenters. The molecule has 0 spiro atoms. The molecule has 1 aromatic rings. The van der Waals surface area contributed by atoms with E-state index >= 15 is 0 Å². The molecule has 0 bridgehead atoms. The van der Waals surface area contributed by atoms with E-state index in [1.807, 2.05) is 6.92 Å². The Balaban J connectivity index is 2.01. The number of aliphatic hydroxyl groups excluding tert-OH is 2. The summed E-state index contributed by atoms with van der Waals surface area (Å²) in [6, 6.07) is 5.22. The van der Waals surface area contributed by atoms with E-state index in [0.29, 0.717) is 25.7 Å². The predicted octanol–water partition coefficient (Wildman–Crippen LogP) is 3.09. The van der Waals surface area contributed by atoms with E-state index in [2.05, 4.69) is 18.9 Å². The summed E-state index contributed by atoms with van der Waals surface area (Å²) >= 11 is 0. The van der Waals surface area contributed by atoms with Crippen LogP contribution < -0.4 is 0 Å². The van der Waals surface area contributed by atoms with Crippen LogP contribution in [0.15, 0.2) is 54.3 Å². The summed E-state index contributed by atoms with van der Waals surface area (Å²) in [5.41, 5.74) is 4.55. The second kappa shape index (κ2) is 10.8. The molecule has 1 heterocycles. The first-order chi connectivity index (χ1) is 14.2. The Morgan fingerprint density at radius 3 is 2.67 bits per heavy atom. The van der Waals surface area contributed by atoms with Crippen LogP contribution in [0, 0.1) is 10.1 Å². The lowest BCUT2D eigenvalue weighted by molar-refractivity contribution is -0.384. The van der Waals surface area contributed by atoms with Crippen LogP contribution in [-0.4, -0.2) is 52.1 Å². The molecular formula is C22H27NO7. The maximum absolute atomic E-state index is 12.5. The minimum absolute atomic E-state index is 0.106. The molecule has 1 aliphatic heterocycles. The minimum Gasteiger partial charge on any atom is -0.458 e. The minimum atomic E-state index is -0.964. The fourth-order valence-electron chi connectivity index (χ4n) is 3.25. The summed E-state index contributed by atoms with van der Waals surface area (Å²) < 4.78 is 11.4. The van der Waals surface area contributed by atoms with Gasteiger partial charge in [0, 0.05) is 18.6 Å². The molecule has 30 heavy (non-hydrogen) atoms. The molecule has 1 fully saturated rings. The highest BCUT2D eigenvalue weighted by Crippen LogP contribution is 2.30. The maximum atomic E-state index is 12.5. The number of nitro groups is 1. The van der Waals surface area contributed by atoms with Crippen molar-refractivity contribution in [3.63, 3.8) is 0 Å². The van der Waals surface area contributed by atoms with Crippen LogP contribution in [0.4, 0.5) is 5.69 Å². The number of benzene rings is 1. The number of rotatable bonds is 10. The molecule has 1 aliphatic rings. The van der Waals surface area contributed by atoms with E-state index < -0.39 is 29.2 Å². The van der Waals surface area contributed by atoms with Gasteiger partial charge in [0.15, 0.2) is 0 Å². The Morgan fingerprint density at radius 2 is 2.10 bits per heavy atom. The number of nitro benzene ring substituents is 1. The molecule has 0 aromatic heterocycles. The number of esters is 1. The number of non-ortho nitro benzene ring substituents is 1. The zero-order chi connectivity index (χ0) is 22.3. The molecule has 1 unspecified atom stereocenters. The summed E-state index contributed by atoms with van der Waals surface area (Å²) in [5, 5.41) is 29.6. The fraction of sp³-hybridized carbons (Fsp3) is 0.455. The van der Waals surface area contributed by atoms with Crippen LogP contribution in [0.3, 0.4) is 0 Å². The number of carbonyl (C=O) groups excluding carboxylic acids is 1. The van der Waals surface area contributed by atoms with Gasteiger partial charge in [-0.05, 0) is 49.5 Å². The largest absolute Gasteiger partial charge is 0.458 e. The SMILES string of the molecule is C=C=C(C)CC(CC[C@@H]1O[C@@H]([C@H](O)CO)CC1=C)OC(=O)c1ccc([N+](=O)[O-])cc1. The highest BCUT2D eigenvalue weighted by molar-refractivity contribution is 5.89. The molecule has 1 saturated heterocycles. The summed E-state index contributed by atoms with van der Waals surface area (Å²) in [6.45, 7) is 9.04. The Kier molecular flexibility index (Phi) is 8.50. The van der Waals surface area contributed by atoms with Gasteiger partial charge in [0.05, 0.1) is 29.3 Å². The van der Waals surface area contributed by atoms with Crippen LogP contribution in [0.5, 0.6) is 0 Å². The van der Waals surface area contributed by atoms with Gasteiger partial charge < -0.3 is 19.7 Å². The molecule has 8 heteroatoms. The van der Waals surface area contributed by atoms with Crippen molar-refractivity contribution in [1.29, 1.82) is 0 Å². The lowest BCUT2D eigenvalue weighted by Crippen LogP contribution is -2.29. The van der Waals surface area contributed by atoms with Crippen molar-refractivity contribution in [3.8, 4) is 0 Å². The third-order valence-electron chi connectivity index (χ3n) is 5.05.